The van der Waals surface area contributed by atoms with Crippen molar-refractivity contribution in [3.63, 3.8) is 0 Å². The number of thiol groups is 1. The van der Waals surface area contributed by atoms with Gasteiger partial charge in [0.25, 0.3) is 0 Å². The maximum atomic E-state index is 11.7. The Kier molecular flexibility index (Phi) is 6.32. The lowest BCUT2D eigenvalue weighted by molar-refractivity contribution is 0.214. The minimum Gasteiger partial charge on any atom is -0.324 e. The molecule has 0 radical (unpaired) electrons. The zero-order valence-electron chi connectivity index (χ0n) is 10.8. The van der Waals surface area contributed by atoms with Crippen LogP contribution in [-0.4, -0.2) is 35.4 Å². The van der Waals surface area contributed by atoms with Crippen molar-refractivity contribution in [1.29, 1.82) is 0 Å². The standard InChI is InChI=1S/C8H22N2O6P2S/c1-3-7(4-2,18(14,15)16)8(9,10)5-6(19)17(11,12)13/h6,19H,3-5,9-10H2,1-2H3,(H2,11,12,13)(H2,14,15,16). The van der Waals surface area contributed by atoms with Gasteiger partial charge in [-0.2, -0.15) is 12.6 Å². The van der Waals surface area contributed by atoms with Crippen LogP contribution in [0.1, 0.15) is 33.1 Å². The van der Waals surface area contributed by atoms with Crippen molar-refractivity contribution in [3.05, 3.63) is 0 Å². The average molecular weight is 336 g/mol. The van der Waals surface area contributed by atoms with Crippen LogP contribution in [0.3, 0.4) is 0 Å². The fraction of sp³-hybridized carbons (Fsp3) is 1.00. The first kappa shape index (κ1) is 19.6. The molecule has 1 atom stereocenters. The zero-order chi connectivity index (χ0) is 15.7. The quantitative estimate of drug-likeness (QED) is 0.196. The van der Waals surface area contributed by atoms with Crippen LogP contribution >= 0.6 is 27.8 Å². The summed E-state index contributed by atoms with van der Waals surface area (Å²) in [5.41, 5.74) is 9.63. The van der Waals surface area contributed by atoms with Crippen molar-refractivity contribution in [2.24, 2.45) is 11.5 Å². The number of hydrogen-bond donors (Lipinski definition) is 7. The molecule has 0 aliphatic rings. The van der Waals surface area contributed by atoms with Crippen molar-refractivity contribution in [2.45, 2.75) is 48.9 Å². The van der Waals surface area contributed by atoms with Gasteiger partial charge in [0.2, 0.25) is 0 Å². The van der Waals surface area contributed by atoms with E-state index in [2.05, 4.69) is 12.6 Å². The molecule has 0 bridgehead atoms. The minimum atomic E-state index is -4.67. The molecule has 11 heteroatoms. The molecule has 0 amide bonds. The van der Waals surface area contributed by atoms with Crippen LogP contribution in [0.25, 0.3) is 0 Å². The molecule has 0 aliphatic carbocycles. The summed E-state index contributed by atoms with van der Waals surface area (Å²) in [6.45, 7) is 3.03. The van der Waals surface area contributed by atoms with Crippen molar-refractivity contribution in [1.82, 2.24) is 0 Å². The van der Waals surface area contributed by atoms with E-state index in [1.54, 1.807) is 0 Å². The van der Waals surface area contributed by atoms with Gasteiger partial charge in [0.05, 0.1) is 5.66 Å². The molecular weight excluding hydrogens is 314 g/mol. The lowest BCUT2D eigenvalue weighted by Crippen LogP contribution is -2.67. The van der Waals surface area contributed by atoms with Crippen LogP contribution in [0.2, 0.25) is 0 Å². The van der Waals surface area contributed by atoms with E-state index in [0.717, 1.165) is 0 Å². The van der Waals surface area contributed by atoms with Gasteiger partial charge < -0.3 is 31.0 Å². The van der Waals surface area contributed by atoms with Crippen LogP contribution in [0.4, 0.5) is 0 Å². The summed E-state index contributed by atoms with van der Waals surface area (Å²) < 4.78 is 22.8. The van der Waals surface area contributed by atoms with E-state index < -0.39 is 37.4 Å². The van der Waals surface area contributed by atoms with E-state index in [1.807, 2.05) is 0 Å². The average Bonchev–Trinajstić information content (AvgIpc) is 2.14. The molecule has 0 aromatic rings. The molecule has 8 N–H and O–H groups in total. The Balaban J connectivity index is 5.58. The monoisotopic (exact) mass is 336 g/mol. The number of hydrogen-bond acceptors (Lipinski definition) is 5. The number of nitrogens with two attached hydrogens (primary N) is 2. The van der Waals surface area contributed by atoms with Gasteiger partial charge in [0.15, 0.2) is 0 Å². The first-order chi connectivity index (χ1) is 8.25. The second-order valence-corrected chi connectivity index (χ2v) is 9.37. The smallest absolute Gasteiger partial charge is 0.324 e. The second-order valence-electron chi connectivity index (χ2n) is 4.60. The van der Waals surface area contributed by atoms with E-state index in [-0.39, 0.29) is 12.8 Å². The van der Waals surface area contributed by atoms with Crippen molar-refractivity contribution < 1.29 is 28.7 Å². The molecule has 0 saturated carbocycles. The van der Waals surface area contributed by atoms with E-state index in [4.69, 9.17) is 21.3 Å². The molecule has 0 fully saturated rings. The molecule has 19 heavy (non-hydrogen) atoms. The van der Waals surface area contributed by atoms with Crippen LogP contribution in [-0.2, 0) is 9.13 Å². The Morgan fingerprint density at radius 2 is 1.47 bits per heavy atom. The minimum absolute atomic E-state index is 0.0254. The Labute approximate surface area is 117 Å². The Hall–Kier alpha value is 0.570. The Morgan fingerprint density at radius 3 is 1.68 bits per heavy atom. The Morgan fingerprint density at radius 1 is 1.11 bits per heavy atom. The van der Waals surface area contributed by atoms with Gasteiger partial charge in [-0.15, -0.1) is 0 Å². The van der Waals surface area contributed by atoms with Crippen LogP contribution in [0, 0.1) is 0 Å². The molecule has 0 aliphatic heterocycles. The SMILES string of the molecule is CCC(CC)(C(N)(N)CC(S)P(=O)(O)O)P(=O)(O)O. The van der Waals surface area contributed by atoms with Crippen LogP contribution in [0.5, 0.6) is 0 Å². The summed E-state index contributed by atoms with van der Waals surface area (Å²) in [5, 5.41) is -1.75. The summed E-state index contributed by atoms with van der Waals surface area (Å²) in [5.74, 6) is 0. The molecular formula is C8H22N2O6P2S. The lowest BCUT2D eigenvalue weighted by atomic mass is 9.86. The summed E-state index contributed by atoms with van der Waals surface area (Å²) in [6.07, 6.45) is -0.571. The maximum absolute atomic E-state index is 11.7. The van der Waals surface area contributed by atoms with Gasteiger partial charge in [0, 0.05) is 6.42 Å². The third-order valence-corrected chi connectivity index (χ3v) is 7.71. The number of rotatable bonds is 7. The summed E-state index contributed by atoms with van der Waals surface area (Å²) in [7, 11) is -9.22. The molecule has 8 nitrogen and oxygen atoms in total. The van der Waals surface area contributed by atoms with Gasteiger partial charge >= 0.3 is 15.2 Å². The summed E-state index contributed by atoms with van der Waals surface area (Å²) in [6, 6.07) is 0. The second kappa shape index (κ2) is 6.13. The van der Waals surface area contributed by atoms with Crippen molar-refractivity contribution in [3.8, 4) is 0 Å². The van der Waals surface area contributed by atoms with Gasteiger partial charge in [-0.3, -0.25) is 9.13 Å². The first-order valence-corrected chi connectivity index (χ1v) is 9.43. The Bertz CT molecular complexity index is 402. The molecule has 0 rings (SSSR count). The summed E-state index contributed by atoms with van der Waals surface area (Å²) >= 11 is 3.73. The first-order valence-electron chi connectivity index (χ1n) is 5.62. The van der Waals surface area contributed by atoms with Crippen molar-refractivity contribution >= 4 is 27.8 Å². The molecule has 116 valence electrons. The largest absolute Gasteiger partial charge is 0.338 e. The maximum Gasteiger partial charge on any atom is 0.338 e. The van der Waals surface area contributed by atoms with Gasteiger partial charge in [0.1, 0.15) is 10.1 Å². The molecule has 0 aromatic heterocycles. The van der Waals surface area contributed by atoms with Gasteiger partial charge in [-0.05, 0) is 12.8 Å². The van der Waals surface area contributed by atoms with E-state index in [1.165, 1.54) is 13.8 Å². The molecule has 1 unspecified atom stereocenters. The highest BCUT2D eigenvalue weighted by molar-refractivity contribution is 7.89. The van der Waals surface area contributed by atoms with E-state index in [9.17, 15) is 18.9 Å². The fourth-order valence-corrected chi connectivity index (χ4v) is 4.50. The van der Waals surface area contributed by atoms with Gasteiger partial charge in [-0.1, -0.05) is 13.8 Å². The zero-order valence-corrected chi connectivity index (χ0v) is 13.5. The van der Waals surface area contributed by atoms with Crippen LogP contribution < -0.4 is 11.5 Å². The molecule has 0 heterocycles. The molecule has 0 saturated heterocycles. The van der Waals surface area contributed by atoms with Crippen molar-refractivity contribution in [2.75, 3.05) is 0 Å². The molecule has 0 spiro atoms. The third kappa shape index (κ3) is 4.03. The third-order valence-electron chi connectivity index (χ3n) is 3.50. The summed E-state index contributed by atoms with van der Waals surface area (Å²) in [4.78, 5) is 35.5. The normalized spacial score (nSPS) is 16.5. The molecule has 0 aromatic carbocycles. The van der Waals surface area contributed by atoms with E-state index >= 15 is 0 Å². The lowest BCUT2D eigenvalue weighted by Gasteiger charge is -2.46. The van der Waals surface area contributed by atoms with Gasteiger partial charge in [-0.25, -0.2) is 0 Å². The highest BCUT2D eigenvalue weighted by Crippen LogP contribution is 2.60. The fourth-order valence-electron chi connectivity index (χ4n) is 2.20. The topological polar surface area (TPSA) is 167 Å². The van der Waals surface area contributed by atoms with E-state index in [0.29, 0.717) is 0 Å². The highest BCUT2D eigenvalue weighted by Gasteiger charge is 2.57. The predicted molar refractivity (Wildman–Crippen MR) is 75.9 cm³/mol. The highest BCUT2D eigenvalue weighted by atomic mass is 32.1. The predicted octanol–water partition coefficient (Wildman–Crippen LogP) is 0.160. The van der Waals surface area contributed by atoms with Crippen LogP contribution in [0.15, 0.2) is 0 Å².